The van der Waals surface area contributed by atoms with Crippen LogP contribution in [0.2, 0.25) is 0 Å². The molecule has 3 aromatic rings. The summed E-state index contributed by atoms with van der Waals surface area (Å²) in [6.45, 7) is 2.45. The van der Waals surface area contributed by atoms with E-state index in [9.17, 15) is 9.18 Å². The molecule has 0 amide bonds. The van der Waals surface area contributed by atoms with Crippen molar-refractivity contribution in [3.8, 4) is 11.5 Å². The molecule has 0 radical (unpaired) electrons. The lowest BCUT2D eigenvalue weighted by Crippen LogP contribution is -2.05. The molecule has 6 heteroatoms. The number of carbonyl (C=O) groups is 1. The molecule has 3 aromatic carbocycles. The maximum atomic E-state index is 13.1. The van der Waals surface area contributed by atoms with Crippen LogP contribution in [0.1, 0.15) is 22.3 Å². The van der Waals surface area contributed by atoms with Gasteiger partial charge >= 0.3 is 5.97 Å². The van der Waals surface area contributed by atoms with Crippen molar-refractivity contribution in [1.82, 2.24) is 0 Å². The summed E-state index contributed by atoms with van der Waals surface area (Å²) in [5.41, 5.74) is 3.62. The van der Waals surface area contributed by atoms with E-state index in [1.165, 1.54) is 24.3 Å². The van der Waals surface area contributed by atoms with E-state index < -0.39 is 5.97 Å². The van der Waals surface area contributed by atoms with Crippen LogP contribution in [0.4, 0.5) is 4.39 Å². The van der Waals surface area contributed by atoms with Crippen LogP contribution in [-0.4, -0.2) is 19.0 Å². The van der Waals surface area contributed by atoms with E-state index in [-0.39, 0.29) is 17.4 Å². The third kappa shape index (κ3) is 4.64. The molecule has 156 valence electrons. The number of methoxy groups -OCH3 is 1. The molecule has 0 atom stereocenters. The molecule has 0 fully saturated rings. The molecule has 0 N–H and O–H groups in total. The quantitative estimate of drug-likeness (QED) is 0.415. The molecule has 1 aliphatic rings. The van der Waals surface area contributed by atoms with E-state index in [1.807, 2.05) is 31.2 Å². The third-order valence-corrected chi connectivity index (χ3v) is 4.85. The van der Waals surface area contributed by atoms with Crippen LogP contribution in [0, 0.1) is 12.7 Å². The summed E-state index contributed by atoms with van der Waals surface area (Å²) in [5, 5.41) is 0. The lowest BCUT2D eigenvalue weighted by molar-refractivity contribution is -0.129. The van der Waals surface area contributed by atoms with Crippen molar-refractivity contribution >= 4 is 17.9 Å². The molecule has 0 unspecified atom stereocenters. The fourth-order valence-electron chi connectivity index (χ4n) is 3.10. The number of rotatable bonds is 6. The minimum atomic E-state index is -0.571. The van der Waals surface area contributed by atoms with Crippen LogP contribution in [0.25, 0.3) is 6.08 Å². The summed E-state index contributed by atoms with van der Waals surface area (Å²) in [6, 6.07) is 19.0. The zero-order valence-corrected chi connectivity index (χ0v) is 17.1. The molecule has 31 heavy (non-hydrogen) atoms. The fraction of sp³-hybridized carbons (Fsp3) is 0.120. The number of ether oxygens (including phenoxy) is 3. The van der Waals surface area contributed by atoms with E-state index in [0.717, 1.165) is 11.1 Å². The topological polar surface area (TPSA) is 57.1 Å². The minimum absolute atomic E-state index is 0.140. The van der Waals surface area contributed by atoms with Crippen molar-refractivity contribution in [2.24, 2.45) is 4.99 Å². The highest BCUT2D eigenvalue weighted by Gasteiger charge is 2.24. The Labute approximate surface area is 179 Å². The lowest BCUT2D eigenvalue weighted by Gasteiger charge is -2.12. The van der Waals surface area contributed by atoms with Crippen molar-refractivity contribution in [3.05, 3.63) is 100 Å². The van der Waals surface area contributed by atoms with Gasteiger partial charge in [-0.05, 0) is 66.1 Å². The number of aliphatic imine (C=N–C) groups is 1. The zero-order chi connectivity index (χ0) is 21.8. The molecule has 0 aromatic heterocycles. The molecule has 4 rings (SSSR count). The van der Waals surface area contributed by atoms with Crippen molar-refractivity contribution in [1.29, 1.82) is 0 Å². The lowest BCUT2D eigenvalue weighted by atomic mass is 10.1. The highest BCUT2D eigenvalue weighted by Crippen LogP contribution is 2.30. The van der Waals surface area contributed by atoms with E-state index in [2.05, 4.69) is 4.99 Å². The maximum absolute atomic E-state index is 13.1. The van der Waals surface area contributed by atoms with Gasteiger partial charge in [0.2, 0.25) is 5.90 Å². The third-order valence-electron chi connectivity index (χ3n) is 4.85. The Kier molecular flexibility index (Phi) is 5.80. The molecular weight excluding hydrogens is 397 g/mol. The first-order valence-corrected chi connectivity index (χ1v) is 9.67. The number of benzene rings is 3. The number of nitrogens with zero attached hydrogens (tertiary/aromatic N) is 1. The fourth-order valence-corrected chi connectivity index (χ4v) is 3.10. The summed E-state index contributed by atoms with van der Waals surface area (Å²) in [4.78, 5) is 16.4. The van der Waals surface area contributed by atoms with Gasteiger partial charge in [0.1, 0.15) is 12.4 Å². The Bertz CT molecular complexity index is 1180. The monoisotopic (exact) mass is 417 g/mol. The molecule has 0 bridgehead atoms. The molecule has 1 heterocycles. The minimum Gasteiger partial charge on any atom is -0.493 e. The maximum Gasteiger partial charge on any atom is 0.363 e. The van der Waals surface area contributed by atoms with Gasteiger partial charge in [0.25, 0.3) is 0 Å². The first-order valence-electron chi connectivity index (χ1n) is 9.67. The van der Waals surface area contributed by atoms with Gasteiger partial charge in [-0.2, -0.15) is 0 Å². The Morgan fingerprint density at radius 3 is 2.55 bits per heavy atom. The van der Waals surface area contributed by atoms with Gasteiger partial charge in [0.05, 0.1) is 7.11 Å². The number of halogens is 1. The summed E-state index contributed by atoms with van der Waals surface area (Å²) >= 11 is 0. The van der Waals surface area contributed by atoms with E-state index in [4.69, 9.17) is 14.2 Å². The van der Waals surface area contributed by atoms with E-state index in [1.54, 1.807) is 31.4 Å². The zero-order valence-electron chi connectivity index (χ0n) is 17.1. The number of esters is 1. The van der Waals surface area contributed by atoms with Gasteiger partial charge < -0.3 is 14.2 Å². The van der Waals surface area contributed by atoms with Gasteiger partial charge in [-0.25, -0.2) is 14.2 Å². The second-order valence-electron chi connectivity index (χ2n) is 6.97. The Hall–Kier alpha value is -3.93. The van der Waals surface area contributed by atoms with Crippen LogP contribution >= 0.6 is 0 Å². The van der Waals surface area contributed by atoms with Gasteiger partial charge in [-0.1, -0.05) is 30.3 Å². The largest absolute Gasteiger partial charge is 0.493 e. The van der Waals surface area contributed by atoms with Crippen LogP contribution in [0.15, 0.2) is 77.4 Å². The average molecular weight is 417 g/mol. The highest BCUT2D eigenvalue weighted by atomic mass is 19.1. The number of hydrogen-bond donors (Lipinski definition) is 0. The molecule has 0 saturated heterocycles. The van der Waals surface area contributed by atoms with Crippen molar-refractivity contribution in [2.75, 3.05) is 7.11 Å². The Morgan fingerprint density at radius 2 is 1.81 bits per heavy atom. The number of aryl methyl sites for hydroxylation is 1. The molecule has 0 aliphatic carbocycles. The first kappa shape index (κ1) is 20.3. The van der Waals surface area contributed by atoms with Crippen LogP contribution in [0.5, 0.6) is 11.5 Å². The molecule has 1 aliphatic heterocycles. The number of cyclic esters (lactones) is 1. The molecule has 0 spiro atoms. The van der Waals surface area contributed by atoms with E-state index >= 15 is 0 Å². The van der Waals surface area contributed by atoms with Crippen molar-refractivity contribution in [3.63, 3.8) is 0 Å². The molecule has 5 nitrogen and oxygen atoms in total. The van der Waals surface area contributed by atoms with Crippen molar-refractivity contribution < 1.29 is 23.4 Å². The second-order valence-corrected chi connectivity index (χ2v) is 6.97. The second kappa shape index (κ2) is 8.83. The predicted molar refractivity (Wildman–Crippen MR) is 116 cm³/mol. The Morgan fingerprint density at radius 1 is 1.03 bits per heavy atom. The number of carbonyl (C=O) groups excluding carboxylic acids is 1. The van der Waals surface area contributed by atoms with Crippen LogP contribution < -0.4 is 9.47 Å². The highest BCUT2D eigenvalue weighted by molar-refractivity contribution is 6.12. The average Bonchev–Trinajstić information content (AvgIpc) is 3.14. The standard InChI is InChI=1S/C25H20FNO4/c1-16-5-3-4-6-19(16)15-30-22-12-7-17(14-23(22)29-2)13-21-25(28)31-24(27-21)18-8-10-20(26)11-9-18/h3-14H,15H2,1-2H3. The number of hydrogen-bond acceptors (Lipinski definition) is 5. The van der Waals surface area contributed by atoms with Gasteiger partial charge in [-0.3, -0.25) is 0 Å². The molecular formula is C25H20FNO4. The van der Waals surface area contributed by atoms with Gasteiger partial charge in [0, 0.05) is 5.56 Å². The van der Waals surface area contributed by atoms with Crippen LogP contribution in [0.3, 0.4) is 0 Å². The molecule has 0 saturated carbocycles. The Balaban J connectivity index is 1.54. The van der Waals surface area contributed by atoms with Gasteiger partial charge in [0.15, 0.2) is 17.2 Å². The normalized spacial score (nSPS) is 14.4. The van der Waals surface area contributed by atoms with Gasteiger partial charge in [-0.15, -0.1) is 0 Å². The summed E-state index contributed by atoms with van der Waals surface area (Å²) < 4.78 is 29.7. The van der Waals surface area contributed by atoms with Crippen LogP contribution in [-0.2, 0) is 16.1 Å². The van der Waals surface area contributed by atoms with Crippen molar-refractivity contribution in [2.45, 2.75) is 13.5 Å². The SMILES string of the molecule is COc1cc(C=C2N=C(c3ccc(F)cc3)OC2=O)ccc1OCc1ccccc1C. The predicted octanol–water partition coefficient (Wildman–Crippen LogP) is 5.07. The summed E-state index contributed by atoms with van der Waals surface area (Å²) in [6.07, 6.45) is 1.60. The van der Waals surface area contributed by atoms with E-state index in [0.29, 0.717) is 29.2 Å². The summed E-state index contributed by atoms with van der Waals surface area (Å²) in [7, 11) is 1.56. The first-order chi connectivity index (χ1) is 15.0. The summed E-state index contributed by atoms with van der Waals surface area (Å²) in [5.74, 6) is 0.329. The smallest absolute Gasteiger partial charge is 0.363 e.